The summed E-state index contributed by atoms with van der Waals surface area (Å²) < 4.78 is 0. The molecule has 2 saturated heterocycles. The number of rotatable bonds is 3. The van der Waals surface area contributed by atoms with Gasteiger partial charge in [0.15, 0.2) is 0 Å². The molecule has 3 nitrogen and oxygen atoms in total. The Labute approximate surface area is 116 Å². The second-order valence-corrected chi connectivity index (χ2v) is 6.11. The Morgan fingerprint density at radius 1 is 1.11 bits per heavy atom. The minimum absolute atomic E-state index is 0.595. The van der Waals surface area contributed by atoms with Crippen LogP contribution in [0.4, 0.5) is 11.4 Å². The van der Waals surface area contributed by atoms with Crippen molar-refractivity contribution in [2.45, 2.75) is 38.3 Å². The van der Waals surface area contributed by atoms with Gasteiger partial charge in [0.1, 0.15) is 0 Å². The molecule has 104 valence electrons. The predicted octanol–water partition coefficient (Wildman–Crippen LogP) is 2.79. The molecule has 0 aliphatic carbocycles. The van der Waals surface area contributed by atoms with Crippen molar-refractivity contribution in [2.75, 3.05) is 36.9 Å². The Balaban J connectivity index is 1.60. The topological polar surface area (TPSA) is 18.5 Å². The van der Waals surface area contributed by atoms with E-state index in [1.165, 1.54) is 43.7 Å². The molecule has 19 heavy (non-hydrogen) atoms. The number of likely N-dealkylation sites (tertiary alicyclic amines) is 1. The molecule has 0 amide bonds. The summed E-state index contributed by atoms with van der Waals surface area (Å²) in [4.78, 5) is 4.91. The lowest BCUT2D eigenvalue weighted by Gasteiger charge is -2.19. The fourth-order valence-electron chi connectivity index (χ4n) is 3.28. The summed E-state index contributed by atoms with van der Waals surface area (Å²) in [6.45, 7) is 5.89. The molecular formula is C16H25N3. The van der Waals surface area contributed by atoms with Gasteiger partial charge in [-0.1, -0.05) is 0 Å². The molecule has 2 heterocycles. The summed E-state index contributed by atoms with van der Waals surface area (Å²) in [6, 6.07) is 10.3. The molecule has 0 aromatic heterocycles. The summed E-state index contributed by atoms with van der Waals surface area (Å²) in [5.74, 6) is 0. The summed E-state index contributed by atoms with van der Waals surface area (Å²) in [5, 5.41) is 3.66. The Hall–Kier alpha value is -1.22. The first kappa shape index (κ1) is 12.8. The van der Waals surface area contributed by atoms with Gasteiger partial charge < -0.3 is 15.1 Å². The normalized spacial score (nSPS) is 28.0. The van der Waals surface area contributed by atoms with Crippen molar-refractivity contribution in [3.05, 3.63) is 24.3 Å². The monoisotopic (exact) mass is 259 g/mol. The van der Waals surface area contributed by atoms with E-state index in [1.807, 2.05) is 0 Å². The standard InChI is InChI=1S/C16H25N3/c1-13-11-15(12-18(13)2)17-14-5-7-16(8-6-14)19-9-3-4-10-19/h5-8,13,15,17H,3-4,9-12H2,1-2H3. The number of anilines is 2. The molecule has 1 aromatic rings. The van der Waals surface area contributed by atoms with Crippen LogP contribution >= 0.6 is 0 Å². The van der Waals surface area contributed by atoms with Crippen LogP contribution in [0.2, 0.25) is 0 Å². The maximum absolute atomic E-state index is 3.66. The van der Waals surface area contributed by atoms with Crippen LogP contribution in [-0.2, 0) is 0 Å². The molecule has 1 N–H and O–H groups in total. The Kier molecular flexibility index (Phi) is 3.65. The highest BCUT2D eigenvalue weighted by Gasteiger charge is 2.25. The highest BCUT2D eigenvalue weighted by molar-refractivity contribution is 5.55. The molecule has 3 rings (SSSR count). The zero-order valence-corrected chi connectivity index (χ0v) is 12.1. The third kappa shape index (κ3) is 2.86. The lowest BCUT2D eigenvalue weighted by molar-refractivity contribution is 0.330. The zero-order valence-electron chi connectivity index (χ0n) is 12.1. The van der Waals surface area contributed by atoms with E-state index < -0.39 is 0 Å². The van der Waals surface area contributed by atoms with Crippen LogP contribution in [0.3, 0.4) is 0 Å². The van der Waals surface area contributed by atoms with E-state index in [0.29, 0.717) is 12.1 Å². The number of likely N-dealkylation sites (N-methyl/N-ethyl adjacent to an activating group) is 1. The minimum Gasteiger partial charge on any atom is -0.381 e. The van der Waals surface area contributed by atoms with Gasteiger partial charge in [0, 0.05) is 43.1 Å². The smallest absolute Gasteiger partial charge is 0.0403 e. The van der Waals surface area contributed by atoms with Crippen molar-refractivity contribution in [3.63, 3.8) is 0 Å². The molecule has 0 bridgehead atoms. The summed E-state index contributed by atoms with van der Waals surface area (Å²) in [5.41, 5.74) is 2.63. The van der Waals surface area contributed by atoms with E-state index in [9.17, 15) is 0 Å². The van der Waals surface area contributed by atoms with E-state index in [4.69, 9.17) is 0 Å². The second-order valence-electron chi connectivity index (χ2n) is 6.11. The van der Waals surface area contributed by atoms with Gasteiger partial charge in [0.05, 0.1) is 0 Å². The van der Waals surface area contributed by atoms with Crippen LogP contribution in [0.15, 0.2) is 24.3 Å². The molecule has 2 aliphatic heterocycles. The Morgan fingerprint density at radius 3 is 2.37 bits per heavy atom. The van der Waals surface area contributed by atoms with Crippen molar-refractivity contribution in [3.8, 4) is 0 Å². The van der Waals surface area contributed by atoms with E-state index in [0.717, 1.165) is 6.54 Å². The largest absolute Gasteiger partial charge is 0.381 e. The Bertz CT molecular complexity index is 399. The maximum atomic E-state index is 3.66. The van der Waals surface area contributed by atoms with Crippen molar-refractivity contribution < 1.29 is 0 Å². The van der Waals surface area contributed by atoms with Gasteiger partial charge >= 0.3 is 0 Å². The average Bonchev–Trinajstić information content (AvgIpc) is 3.02. The van der Waals surface area contributed by atoms with Gasteiger partial charge in [-0.3, -0.25) is 0 Å². The Morgan fingerprint density at radius 2 is 1.79 bits per heavy atom. The number of hydrogen-bond acceptors (Lipinski definition) is 3. The minimum atomic E-state index is 0.595. The average molecular weight is 259 g/mol. The summed E-state index contributed by atoms with van der Waals surface area (Å²) in [7, 11) is 2.21. The van der Waals surface area contributed by atoms with Gasteiger partial charge in [-0.15, -0.1) is 0 Å². The number of hydrogen-bond donors (Lipinski definition) is 1. The fourth-order valence-corrected chi connectivity index (χ4v) is 3.28. The van der Waals surface area contributed by atoms with E-state index in [2.05, 4.69) is 53.4 Å². The maximum Gasteiger partial charge on any atom is 0.0403 e. The van der Waals surface area contributed by atoms with Gasteiger partial charge in [-0.05, 0) is 57.5 Å². The molecule has 2 fully saturated rings. The van der Waals surface area contributed by atoms with Crippen molar-refractivity contribution in [2.24, 2.45) is 0 Å². The van der Waals surface area contributed by atoms with Crippen LogP contribution in [-0.4, -0.2) is 43.7 Å². The van der Waals surface area contributed by atoms with Crippen molar-refractivity contribution in [1.29, 1.82) is 0 Å². The van der Waals surface area contributed by atoms with Crippen LogP contribution in [0.25, 0.3) is 0 Å². The van der Waals surface area contributed by atoms with Gasteiger partial charge in [-0.2, -0.15) is 0 Å². The molecule has 0 spiro atoms. The van der Waals surface area contributed by atoms with Gasteiger partial charge in [0.25, 0.3) is 0 Å². The van der Waals surface area contributed by atoms with Crippen LogP contribution in [0.1, 0.15) is 26.2 Å². The van der Waals surface area contributed by atoms with Gasteiger partial charge in [-0.25, -0.2) is 0 Å². The molecule has 1 aromatic carbocycles. The molecular weight excluding hydrogens is 234 g/mol. The summed E-state index contributed by atoms with van der Waals surface area (Å²) in [6.07, 6.45) is 3.92. The molecule has 0 radical (unpaired) electrons. The lowest BCUT2D eigenvalue weighted by Crippen LogP contribution is -2.24. The molecule has 2 atom stereocenters. The number of nitrogens with one attached hydrogen (secondary N) is 1. The zero-order chi connectivity index (χ0) is 13.2. The highest BCUT2D eigenvalue weighted by atomic mass is 15.2. The van der Waals surface area contributed by atoms with Gasteiger partial charge in [0.2, 0.25) is 0 Å². The third-order valence-corrected chi connectivity index (χ3v) is 4.60. The molecule has 3 heteroatoms. The van der Waals surface area contributed by atoms with Crippen molar-refractivity contribution >= 4 is 11.4 Å². The first-order chi connectivity index (χ1) is 9.22. The highest BCUT2D eigenvalue weighted by Crippen LogP contribution is 2.24. The summed E-state index contributed by atoms with van der Waals surface area (Å²) >= 11 is 0. The van der Waals surface area contributed by atoms with Crippen molar-refractivity contribution in [1.82, 2.24) is 4.90 Å². The number of nitrogens with zero attached hydrogens (tertiary/aromatic N) is 2. The third-order valence-electron chi connectivity index (χ3n) is 4.60. The van der Waals surface area contributed by atoms with Crippen LogP contribution in [0, 0.1) is 0 Å². The van der Waals surface area contributed by atoms with E-state index >= 15 is 0 Å². The number of benzene rings is 1. The first-order valence-corrected chi connectivity index (χ1v) is 7.54. The SMILES string of the molecule is CC1CC(Nc2ccc(N3CCCC3)cc2)CN1C. The molecule has 2 aliphatic rings. The molecule has 2 unspecified atom stereocenters. The second kappa shape index (κ2) is 5.41. The lowest BCUT2D eigenvalue weighted by atomic mass is 10.2. The predicted molar refractivity (Wildman–Crippen MR) is 82.0 cm³/mol. The van der Waals surface area contributed by atoms with E-state index in [-0.39, 0.29) is 0 Å². The first-order valence-electron chi connectivity index (χ1n) is 7.54. The van der Waals surface area contributed by atoms with Crippen LogP contribution < -0.4 is 10.2 Å². The molecule has 0 saturated carbocycles. The fraction of sp³-hybridized carbons (Fsp3) is 0.625. The van der Waals surface area contributed by atoms with E-state index in [1.54, 1.807) is 0 Å². The van der Waals surface area contributed by atoms with Crippen LogP contribution in [0.5, 0.6) is 0 Å². The quantitative estimate of drug-likeness (QED) is 0.900.